The van der Waals surface area contributed by atoms with Gasteiger partial charge < -0.3 is 15.2 Å². The van der Waals surface area contributed by atoms with Crippen LogP contribution in [-0.2, 0) is 20.1 Å². The molecule has 2 N–H and O–H groups in total. The molecule has 0 amide bonds. The number of nitrogens with two attached hydrogens (primary N) is 1. The van der Waals surface area contributed by atoms with Crippen molar-refractivity contribution in [2.45, 2.75) is 20.0 Å². The molecule has 0 spiro atoms. The number of halogens is 1. The molecule has 0 saturated carbocycles. The van der Waals surface area contributed by atoms with Crippen LogP contribution in [0.2, 0.25) is 0 Å². The Morgan fingerprint density at radius 3 is 2.67 bits per heavy atom. The Kier molecular flexibility index (Phi) is 5.25. The number of ether oxygens (including phenoxy) is 2. The molecule has 0 aliphatic carbocycles. The predicted molar refractivity (Wildman–Crippen MR) is 85.7 cm³/mol. The Labute approximate surface area is 133 Å². The molecule has 0 unspecified atom stereocenters. The number of benzene rings is 1. The largest absolute Gasteiger partial charge is 0.493 e. The van der Waals surface area contributed by atoms with Gasteiger partial charge in [-0.2, -0.15) is 5.10 Å². The predicted octanol–water partition coefficient (Wildman–Crippen LogP) is 2.58. The second-order valence-electron chi connectivity index (χ2n) is 4.78. The normalized spacial score (nSPS) is 10.7. The van der Waals surface area contributed by atoms with E-state index in [2.05, 4.69) is 21.0 Å². The van der Waals surface area contributed by atoms with E-state index in [-0.39, 0.29) is 0 Å². The summed E-state index contributed by atoms with van der Waals surface area (Å²) in [6.07, 6.45) is 0.814. The first-order valence-electron chi connectivity index (χ1n) is 6.74. The van der Waals surface area contributed by atoms with Crippen LogP contribution in [0.3, 0.4) is 0 Å². The van der Waals surface area contributed by atoms with Crippen LogP contribution in [0, 0.1) is 6.92 Å². The number of methoxy groups -OCH3 is 1. The molecule has 2 aromatic rings. The minimum atomic E-state index is 0.417. The summed E-state index contributed by atoms with van der Waals surface area (Å²) in [4.78, 5) is 0. The third kappa shape index (κ3) is 3.57. The maximum atomic E-state index is 5.92. The van der Waals surface area contributed by atoms with E-state index >= 15 is 0 Å². The molecule has 21 heavy (non-hydrogen) atoms. The van der Waals surface area contributed by atoms with E-state index in [1.54, 1.807) is 7.11 Å². The second kappa shape index (κ2) is 6.95. The number of hydrogen-bond acceptors (Lipinski definition) is 4. The van der Waals surface area contributed by atoms with E-state index < -0.39 is 0 Å². The number of rotatable bonds is 6. The SMILES string of the molecule is COc1ccc(CCN)cc1OCc1c(Br)c(C)nn1C. The van der Waals surface area contributed by atoms with Crippen LogP contribution in [0.4, 0.5) is 0 Å². The van der Waals surface area contributed by atoms with E-state index in [1.165, 1.54) is 0 Å². The van der Waals surface area contributed by atoms with Crippen molar-refractivity contribution in [2.75, 3.05) is 13.7 Å². The van der Waals surface area contributed by atoms with Gasteiger partial charge in [0.15, 0.2) is 11.5 Å². The van der Waals surface area contributed by atoms with Crippen LogP contribution in [0.1, 0.15) is 17.0 Å². The summed E-state index contributed by atoms with van der Waals surface area (Å²) in [6.45, 7) is 2.98. The van der Waals surface area contributed by atoms with Crippen molar-refractivity contribution in [3.63, 3.8) is 0 Å². The first kappa shape index (κ1) is 15.9. The average molecular weight is 354 g/mol. The molecule has 0 aliphatic heterocycles. The van der Waals surface area contributed by atoms with E-state index in [0.717, 1.165) is 27.8 Å². The van der Waals surface area contributed by atoms with E-state index in [1.807, 2.05) is 36.9 Å². The fraction of sp³-hybridized carbons (Fsp3) is 0.400. The van der Waals surface area contributed by atoms with Crippen LogP contribution in [-0.4, -0.2) is 23.4 Å². The van der Waals surface area contributed by atoms with Gasteiger partial charge in [0, 0.05) is 7.05 Å². The molecule has 0 saturated heterocycles. The lowest BCUT2D eigenvalue weighted by Crippen LogP contribution is -2.06. The molecule has 0 radical (unpaired) electrons. The highest BCUT2D eigenvalue weighted by molar-refractivity contribution is 9.10. The Bertz CT molecular complexity index is 626. The molecule has 1 heterocycles. The lowest BCUT2D eigenvalue weighted by atomic mass is 10.1. The van der Waals surface area contributed by atoms with Gasteiger partial charge in [-0.1, -0.05) is 6.07 Å². The lowest BCUT2D eigenvalue weighted by Gasteiger charge is -2.12. The molecule has 0 fully saturated rings. The van der Waals surface area contributed by atoms with Crippen molar-refractivity contribution in [2.24, 2.45) is 12.8 Å². The van der Waals surface area contributed by atoms with Crippen molar-refractivity contribution < 1.29 is 9.47 Å². The Morgan fingerprint density at radius 1 is 1.33 bits per heavy atom. The quantitative estimate of drug-likeness (QED) is 0.866. The Hall–Kier alpha value is -1.53. The summed E-state index contributed by atoms with van der Waals surface area (Å²) < 4.78 is 14.1. The Morgan fingerprint density at radius 2 is 2.10 bits per heavy atom. The van der Waals surface area contributed by atoms with Crippen LogP contribution in [0.15, 0.2) is 22.7 Å². The highest BCUT2D eigenvalue weighted by atomic mass is 79.9. The number of aromatic nitrogens is 2. The minimum Gasteiger partial charge on any atom is -0.493 e. The molecular formula is C15H20BrN3O2. The van der Waals surface area contributed by atoms with Gasteiger partial charge in [-0.05, 0) is 53.5 Å². The zero-order chi connectivity index (χ0) is 15.4. The third-order valence-corrected chi connectivity index (χ3v) is 4.32. The smallest absolute Gasteiger partial charge is 0.162 e. The average Bonchev–Trinajstić information content (AvgIpc) is 2.71. The fourth-order valence-corrected chi connectivity index (χ4v) is 2.59. The van der Waals surface area contributed by atoms with Crippen molar-refractivity contribution in [3.8, 4) is 11.5 Å². The molecule has 114 valence electrons. The van der Waals surface area contributed by atoms with E-state index in [9.17, 15) is 0 Å². The molecular weight excluding hydrogens is 334 g/mol. The fourth-order valence-electron chi connectivity index (χ4n) is 2.14. The molecule has 0 atom stereocenters. The van der Waals surface area contributed by atoms with Crippen molar-refractivity contribution in [1.29, 1.82) is 0 Å². The van der Waals surface area contributed by atoms with E-state index in [0.29, 0.717) is 24.7 Å². The summed E-state index contributed by atoms with van der Waals surface area (Å²) in [6, 6.07) is 5.88. The van der Waals surface area contributed by atoms with Gasteiger partial charge in [-0.25, -0.2) is 0 Å². The number of nitrogens with zero attached hydrogens (tertiary/aromatic N) is 2. The minimum absolute atomic E-state index is 0.417. The first-order chi connectivity index (χ1) is 10.1. The maximum absolute atomic E-state index is 5.92. The van der Waals surface area contributed by atoms with E-state index in [4.69, 9.17) is 15.2 Å². The summed E-state index contributed by atoms with van der Waals surface area (Å²) in [5.74, 6) is 1.43. The molecule has 2 rings (SSSR count). The van der Waals surface area contributed by atoms with Gasteiger partial charge >= 0.3 is 0 Å². The number of hydrogen-bond donors (Lipinski definition) is 1. The molecule has 0 bridgehead atoms. The van der Waals surface area contributed by atoms with Gasteiger partial charge in [-0.15, -0.1) is 0 Å². The highest BCUT2D eigenvalue weighted by Crippen LogP contribution is 2.30. The van der Waals surface area contributed by atoms with Crippen molar-refractivity contribution >= 4 is 15.9 Å². The molecule has 6 heteroatoms. The van der Waals surface area contributed by atoms with Gasteiger partial charge in [0.05, 0.1) is 23.0 Å². The summed E-state index contributed by atoms with van der Waals surface area (Å²) in [5, 5.41) is 4.35. The Balaban J connectivity index is 2.20. The summed E-state index contributed by atoms with van der Waals surface area (Å²) >= 11 is 3.54. The van der Waals surface area contributed by atoms with Crippen LogP contribution in [0.5, 0.6) is 11.5 Å². The van der Waals surface area contributed by atoms with Crippen LogP contribution in [0.25, 0.3) is 0 Å². The molecule has 1 aromatic heterocycles. The monoisotopic (exact) mass is 353 g/mol. The maximum Gasteiger partial charge on any atom is 0.162 e. The van der Waals surface area contributed by atoms with Gasteiger partial charge in [0.1, 0.15) is 6.61 Å². The van der Waals surface area contributed by atoms with Gasteiger partial charge in [0.2, 0.25) is 0 Å². The standard InChI is InChI=1S/C15H20BrN3O2/c1-10-15(16)12(19(2)18-10)9-21-14-8-11(6-7-17)4-5-13(14)20-3/h4-5,8H,6-7,9,17H2,1-3H3. The van der Waals surface area contributed by atoms with Crippen LogP contribution < -0.4 is 15.2 Å². The summed E-state index contributed by atoms with van der Waals surface area (Å²) in [5.41, 5.74) is 8.66. The third-order valence-electron chi connectivity index (χ3n) is 3.29. The molecule has 0 aliphatic rings. The van der Waals surface area contributed by atoms with Gasteiger partial charge in [0.25, 0.3) is 0 Å². The second-order valence-corrected chi connectivity index (χ2v) is 5.58. The zero-order valence-corrected chi connectivity index (χ0v) is 14.1. The highest BCUT2D eigenvalue weighted by Gasteiger charge is 2.13. The first-order valence-corrected chi connectivity index (χ1v) is 7.53. The topological polar surface area (TPSA) is 62.3 Å². The summed E-state index contributed by atoms with van der Waals surface area (Å²) in [7, 11) is 3.54. The van der Waals surface area contributed by atoms with Crippen LogP contribution >= 0.6 is 15.9 Å². The van der Waals surface area contributed by atoms with Crippen molar-refractivity contribution in [1.82, 2.24) is 9.78 Å². The number of aryl methyl sites for hydroxylation is 2. The zero-order valence-electron chi connectivity index (χ0n) is 12.5. The molecule has 1 aromatic carbocycles. The van der Waals surface area contributed by atoms with Gasteiger partial charge in [-0.3, -0.25) is 4.68 Å². The van der Waals surface area contributed by atoms with Crippen molar-refractivity contribution in [3.05, 3.63) is 39.6 Å². The lowest BCUT2D eigenvalue weighted by molar-refractivity contribution is 0.275. The molecule has 5 nitrogen and oxygen atoms in total.